The van der Waals surface area contributed by atoms with Gasteiger partial charge in [0.05, 0.1) is 0 Å². The average molecular weight is 254 g/mol. The molecule has 1 heterocycles. The van der Waals surface area contributed by atoms with E-state index in [-0.39, 0.29) is 0 Å². The quantitative estimate of drug-likeness (QED) is 0.809. The van der Waals surface area contributed by atoms with Crippen molar-refractivity contribution in [1.82, 2.24) is 10.2 Å². The molecule has 0 radical (unpaired) electrons. The molecular formula is C16H34N2. The van der Waals surface area contributed by atoms with Crippen LogP contribution in [0.1, 0.15) is 54.4 Å². The van der Waals surface area contributed by atoms with E-state index in [1.165, 1.54) is 32.5 Å². The van der Waals surface area contributed by atoms with E-state index in [0.29, 0.717) is 11.5 Å². The monoisotopic (exact) mass is 254 g/mol. The highest BCUT2D eigenvalue weighted by molar-refractivity contribution is 4.82. The summed E-state index contributed by atoms with van der Waals surface area (Å²) in [5.41, 5.74) is 0.364. The maximum Gasteiger partial charge on any atom is 0.0128 e. The van der Waals surface area contributed by atoms with E-state index in [2.05, 4.69) is 51.8 Å². The van der Waals surface area contributed by atoms with Crippen LogP contribution in [0.3, 0.4) is 0 Å². The van der Waals surface area contributed by atoms with Crippen molar-refractivity contribution in [1.29, 1.82) is 0 Å². The van der Waals surface area contributed by atoms with Crippen LogP contribution in [0.5, 0.6) is 0 Å². The first-order chi connectivity index (χ1) is 8.32. The summed E-state index contributed by atoms with van der Waals surface area (Å²) >= 11 is 0. The highest BCUT2D eigenvalue weighted by Gasteiger charge is 2.26. The fraction of sp³-hybridized carbons (Fsp3) is 1.00. The van der Waals surface area contributed by atoms with Crippen molar-refractivity contribution >= 4 is 0 Å². The highest BCUT2D eigenvalue weighted by atomic mass is 15.1. The number of nitrogens with zero attached hydrogens (tertiary/aromatic N) is 1. The van der Waals surface area contributed by atoms with Gasteiger partial charge < -0.3 is 10.2 Å². The third kappa shape index (κ3) is 5.27. The second kappa shape index (κ2) is 6.91. The third-order valence-electron chi connectivity index (χ3n) is 4.17. The van der Waals surface area contributed by atoms with Gasteiger partial charge >= 0.3 is 0 Å². The summed E-state index contributed by atoms with van der Waals surface area (Å²) in [6.45, 7) is 19.0. The van der Waals surface area contributed by atoms with E-state index in [9.17, 15) is 0 Å². The zero-order chi connectivity index (χ0) is 13.8. The minimum absolute atomic E-state index is 0.364. The molecule has 0 aromatic carbocycles. The normalized spacial score (nSPS) is 28.3. The Morgan fingerprint density at radius 3 is 2.17 bits per heavy atom. The number of likely N-dealkylation sites (tertiary alicyclic amines) is 1. The van der Waals surface area contributed by atoms with Crippen molar-refractivity contribution in [3.63, 3.8) is 0 Å². The number of hydrogen-bond acceptors (Lipinski definition) is 2. The van der Waals surface area contributed by atoms with Gasteiger partial charge in [-0.15, -0.1) is 0 Å². The number of hydrogen-bond donors (Lipinski definition) is 1. The maximum atomic E-state index is 3.66. The lowest BCUT2D eigenvalue weighted by Crippen LogP contribution is -2.45. The lowest BCUT2D eigenvalue weighted by atomic mass is 9.84. The Morgan fingerprint density at radius 2 is 1.72 bits per heavy atom. The van der Waals surface area contributed by atoms with Crippen LogP contribution in [0.4, 0.5) is 0 Å². The Hall–Kier alpha value is -0.0800. The molecule has 1 fully saturated rings. The van der Waals surface area contributed by atoms with Gasteiger partial charge in [-0.2, -0.15) is 0 Å². The van der Waals surface area contributed by atoms with E-state index >= 15 is 0 Å². The largest absolute Gasteiger partial charge is 0.314 e. The smallest absolute Gasteiger partial charge is 0.0128 e. The molecule has 1 aliphatic heterocycles. The standard InChI is InChI=1S/C16H34N2/c1-7-17-15(16(4,5)6)8-9-18-11-13(2)10-14(3)12-18/h13-15,17H,7-12H2,1-6H3. The van der Waals surface area contributed by atoms with Crippen LogP contribution in [0.2, 0.25) is 0 Å². The molecule has 0 bridgehead atoms. The second-order valence-corrected chi connectivity index (χ2v) is 7.47. The summed E-state index contributed by atoms with van der Waals surface area (Å²) in [6, 6.07) is 0.634. The van der Waals surface area contributed by atoms with Gasteiger partial charge in [-0.05, 0) is 43.2 Å². The predicted octanol–water partition coefficient (Wildman–Crippen LogP) is 3.38. The molecule has 0 aromatic heterocycles. The Balaban J connectivity index is 2.41. The molecule has 3 atom stereocenters. The summed E-state index contributed by atoms with van der Waals surface area (Å²) in [4.78, 5) is 2.68. The molecule has 108 valence electrons. The Kier molecular flexibility index (Phi) is 6.13. The summed E-state index contributed by atoms with van der Waals surface area (Å²) in [7, 11) is 0. The van der Waals surface area contributed by atoms with Gasteiger partial charge in [-0.25, -0.2) is 0 Å². The van der Waals surface area contributed by atoms with Crippen molar-refractivity contribution in [3.8, 4) is 0 Å². The lowest BCUT2D eigenvalue weighted by Gasteiger charge is -2.38. The summed E-state index contributed by atoms with van der Waals surface area (Å²) in [6.07, 6.45) is 2.68. The summed E-state index contributed by atoms with van der Waals surface area (Å²) in [5, 5.41) is 3.66. The van der Waals surface area contributed by atoms with Crippen LogP contribution in [-0.2, 0) is 0 Å². The summed E-state index contributed by atoms with van der Waals surface area (Å²) < 4.78 is 0. The van der Waals surface area contributed by atoms with E-state index in [1.54, 1.807) is 0 Å². The van der Waals surface area contributed by atoms with Gasteiger partial charge in [-0.3, -0.25) is 0 Å². The number of piperidine rings is 1. The van der Waals surface area contributed by atoms with Crippen molar-refractivity contribution < 1.29 is 0 Å². The van der Waals surface area contributed by atoms with Gasteiger partial charge in [0.25, 0.3) is 0 Å². The molecule has 1 N–H and O–H groups in total. The zero-order valence-corrected chi connectivity index (χ0v) is 13.4. The van der Waals surface area contributed by atoms with Gasteiger partial charge in [0, 0.05) is 19.1 Å². The van der Waals surface area contributed by atoms with Crippen LogP contribution in [0, 0.1) is 17.3 Å². The molecule has 1 rings (SSSR count). The number of nitrogens with one attached hydrogen (secondary N) is 1. The zero-order valence-electron chi connectivity index (χ0n) is 13.4. The molecule has 0 spiro atoms. The van der Waals surface area contributed by atoms with Crippen molar-refractivity contribution in [2.75, 3.05) is 26.2 Å². The lowest BCUT2D eigenvalue weighted by molar-refractivity contribution is 0.125. The molecule has 1 saturated heterocycles. The Morgan fingerprint density at radius 1 is 1.17 bits per heavy atom. The van der Waals surface area contributed by atoms with Crippen LogP contribution >= 0.6 is 0 Å². The predicted molar refractivity (Wildman–Crippen MR) is 80.9 cm³/mol. The molecule has 18 heavy (non-hydrogen) atoms. The topological polar surface area (TPSA) is 15.3 Å². The fourth-order valence-electron chi connectivity index (χ4n) is 3.37. The van der Waals surface area contributed by atoms with Crippen molar-refractivity contribution in [2.45, 2.75) is 60.4 Å². The minimum atomic E-state index is 0.364. The molecule has 0 amide bonds. The molecule has 1 aliphatic rings. The fourth-order valence-corrected chi connectivity index (χ4v) is 3.37. The molecule has 0 aromatic rings. The SMILES string of the molecule is CCNC(CCN1CC(C)CC(C)C1)C(C)(C)C. The maximum absolute atomic E-state index is 3.66. The minimum Gasteiger partial charge on any atom is -0.314 e. The van der Waals surface area contributed by atoms with Crippen molar-refractivity contribution in [2.24, 2.45) is 17.3 Å². The van der Waals surface area contributed by atoms with Gasteiger partial charge in [0.1, 0.15) is 0 Å². The first-order valence-corrected chi connectivity index (χ1v) is 7.78. The Labute approximate surface area is 115 Å². The Bertz CT molecular complexity index is 222. The van der Waals surface area contributed by atoms with Crippen LogP contribution in [0.25, 0.3) is 0 Å². The molecule has 2 nitrogen and oxygen atoms in total. The molecule has 3 unspecified atom stereocenters. The average Bonchev–Trinajstić information content (AvgIpc) is 2.21. The molecule has 2 heteroatoms. The van der Waals surface area contributed by atoms with E-state index in [1.807, 2.05) is 0 Å². The molecular weight excluding hydrogens is 220 g/mol. The highest BCUT2D eigenvalue weighted by Crippen LogP contribution is 2.24. The molecule has 0 aliphatic carbocycles. The van der Waals surface area contributed by atoms with E-state index in [4.69, 9.17) is 0 Å². The van der Waals surface area contributed by atoms with E-state index in [0.717, 1.165) is 18.4 Å². The van der Waals surface area contributed by atoms with Crippen LogP contribution in [-0.4, -0.2) is 37.1 Å². The van der Waals surface area contributed by atoms with Crippen LogP contribution < -0.4 is 5.32 Å². The number of rotatable bonds is 5. The van der Waals surface area contributed by atoms with Gasteiger partial charge in [0.15, 0.2) is 0 Å². The van der Waals surface area contributed by atoms with Gasteiger partial charge in [0.2, 0.25) is 0 Å². The first-order valence-electron chi connectivity index (χ1n) is 7.78. The van der Waals surface area contributed by atoms with Crippen molar-refractivity contribution in [3.05, 3.63) is 0 Å². The van der Waals surface area contributed by atoms with E-state index < -0.39 is 0 Å². The first kappa shape index (κ1) is 16.0. The summed E-state index contributed by atoms with van der Waals surface area (Å²) in [5.74, 6) is 1.75. The molecule has 0 saturated carbocycles. The van der Waals surface area contributed by atoms with Gasteiger partial charge in [-0.1, -0.05) is 41.5 Å². The third-order valence-corrected chi connectivity index (χ3v) is 4.17. The van der Waals surface area contributed by atoms with Crippen LogP contribution in [0.15, 0.2) is 0 Å². The second-order valence-electron chi connectivity index (χ2n) is 7.47.